The Labute approximate surface area is 275 Å². The first-order valence-corrected chi connectivity index (χ1v) is 16.6. The molecule has 2 N–H and O–H groups in total. The molecule has 0 atom stereocenters. The zero-order valence-corrected chi connectivity index (χ0v) is 23.8. The molecule has 0 unspecified atom stereocenters. The van der Waals surface area contributed by atoms with Gasteiger partial charge in [-0.25, -0.2) is 0 Å². The van der Waals surface area contributed by atoms with Gasteiger partial charge in [0.1, 0.15) is 0 Å². The minimum absolute atomic E-state index is 0. The quantitative estimate of drug-likeness (QED) is 0.103. The van der Waals surface area contributed by atoms with Crippen LogP contribution >= 0.6 is 0 Å². The fraction of sp³-hybridized carbons (Fsp3) is 0.917. The Bertz CT molecular complexity index is 759. The maximum absolute atomic E-state index is 12.8. The molecule has 0 saturated carbocycles. The van der Waals surface area contributed by atoms with Crippen LogP contribution in [0.2, 0.25) is 0 Å². The Balaban J connectivity index is -0.00000612. The van der Waals surface area contributed by atoms with Gasteiger partial charge in [-0.1, -0.05) is 65.2 Å². The molecule has 2 amide bonds. The summed E-state index contributed by atoms with van der Waals surface area (Å²) in [6, 6.07) is 0. The van der Waals surface area contributed by atoms with Gasteiger partial charge in [0.05, 0.1) is 11.5 Å². The van der Waals surface area contributed by atoms with Crippen molar-refractivity contribution < 1.29 is 35.5 Å². The Kier molecular flexibility index (Phi) is 29.0. The summed E-state index contributed by atoms with van der Waals surface area (Å²) >= 11 is 0. The molecular weight excluding hydrogens is 554 g/mol. The van der Waals surface area contributed by atoms with Crippen LogP contribution in [0, 0.1) is 0 Å². The average Bonchev–Trinajstić information content (AvgIpc) is 2.77. The van der Waals surface area contributed by atoms with Crippen LogP contribution < -0.4 is 0 Å². The fourth-order valence-electron chi connectivity index (χ4n) is 3.92. The predicted molar refractivity (Wildman–Crippen MR) is 156 cm³/mol. The number of nitrogens with zero attached hydrogens (tertiary/aromatic N) is 2. The Morgan fingerprint density at radius 2 is 0.842 bits per heavy atom. The van der Waals surface area contributed by atoms with E-state index in [4.69, 9.17) is 9.11 Å². The molecule has 0 aromatic heterocycles. The molecule has 0 saturated heterocycles. The monoisotopic (exact) mass is 604 g/mol. The Morgan fingerprint density at radius 1 is 0.526 bits per heavy atom. The molecule has 0 aromatic carbocycles. The van der Waals surface area contributed by atoms with Crippen LogP contribution in [-0.2, 0) is 29.8 Å². The second-order valence-electron chi connectivity index (χ2n) is 9.37. The molecule has 14 heteroatoms. The van der Waals surface area contributed by atoms with Crippen molar-refractivity contribution in [3.05, 3.63) is 0 Å². The van der Waals surface area contributed by atoms with Gasteiger partial charge in [-0.15, -0.1) is 0 Å². The van der Waals surface area contributed by atoms with Gasteiger partial charge in [0, 0.05) is 39.0 Å². The molecule has 218 valence electrons. The molecule has 0 heterocycles. The van der Waals surface area contributed by atoms with Gasteiger partial charge < -0.3 is 9.80 Å². The summed E-state index contributed by atoms with van der Waals surface area (Å²) in [5, 5.41) is 0. The third-order valence-corrected chi connectivity index (χ3v) is 7.60. The van der Waals surface area contributed by atoms with Crippen LogP contribution in [0.1, 0.15) is 104 Å². The van der Waals surface area contributed by atoms with E-state index in [1.54, 1.807) is 0 Å². The first-order valence-electron chi connectivity index (χ1n) is 13.4. The second kappa shape index (κ2) is 25.5. The van der Waals surface area contributed by atoms with E-state index in [0.29, 0.717) is 12.8 Å². The van der Waals surface area contributed by atoms with Crippen molar-refractivity contribution in [1.29, 1.82) is 0 Å². The van der Waals surface area contributed by atoms with Gasteiger partial charge in [-0.3, -0.25) is 18.7 Å². The summed E-state index contributed by atoms with van der Waals surface area (Å²) in [6.07, 6.45) is 10.6. The van der Waals surface area contributed by atoms with Crippen molar-refractivity contribution in [3.8, 4) is 0 Å². The van der Waals surface area contributed by atoms with Crippen LogP contribution in [0.5, 0.6) is 0 Å². The van der Waals surface area contributed by atoms with E-state index in [1.165, 1.54) is 9.80 Å². The molecule has 0 aliphatic carbocycles. The van der Waals surface area contributed by atoms with Crippen molar-refractivity contribution in [3.63, 3.8) is 0 Å². The third-order valence-electron chi connectivity index (χ3n) is 5.99. The summed E-state index contributed by atoms with van der Waals surface area (Å²) in [7, 11) is -8.29. The van der Waals surface area contributed by atoms with E-state index in [-0.39, 0.29) is 110 Å². The summed E-state index contributed by atoms with van der Waals surface area (Å²) in [5.74, 6) is -1.18. The van der Waals surface area contributed by atoms with Crippen molar-refractivity contribution in [2.45, 2.75) is 104 Å². The zero-order chi connectivity index (χ0) is 27.5. The molecular formula is C24H50N2Na2O8S2. The Hall–Kier alpha value is 0.760. The van der Waals surface area contributed by atoms with Gasteiger partial charge >= 0.3 is 59.1 Å². The SMILES string of the molecule is CCCCCCCC(=O)N(CCCS(=O)(=O)O)CCN(CCCS(=O)(=O)O)C(=O)CCCCCCC.[NaH].[NaH]. The molecule has 10 nitrogen and oxygen atoms in total. The van der Waals surface area contributed by atoms with Crippen LogP contribution in [0.3, 0.4) is 0 Å². The first kappa shape index (κ1) is 43.2. The second-order valence-corrected chi connectivity index (χ2v) is 12.5. The van der Waals surface area contributed by atoms with E-state index >= 15 is 0 Å². The van der Waals surface area contributed by atoms with Crippen molar-refractivity contribution in [2.24, 2.45) is 0 Å². The van der Waals surface area contributed by atoms with E-state index in [0.717, 1.165) is 64.2 Å². The molecule has 0 fully saturated rings. The number of carbonyl (C=O) groups is 2. The predicted octanol–water partition coefficient (Wildman–Crippen LogP) is 2.62. The number of hydrogen-bond donors (Lipinski definition) is 2. The maximum atomic E-state index is 12.8. The number of unbranched alkanes of at least 4 members (excludes halogenated alkanes) is 8. The number of hydrogen-bond acceptors (Lipinski definition) is 6. The van der Waals surface area contributed by atoms with Crippen LogP contribution in [0.4, 0.5) is 0 Å². The van der Waals surface area contributed by atoms with E-state index in [9.17, 15) is 26.4 Å². The zero-order valence-electron chi connectivity index (χ0n) is 22.2. The number of rotatable bonds is 23. The summed E-state index contributed by atoms with van der Waals surface area (Å²) in [4.78, 5) is 28.7. The van der Waals surface area contributed by atoms with E-state index < -0.39 is 31.7 Å². The summed E-state index contributed by atoms with van der Waals surface area (Å²) < 4.78 is 62.5. The number of carbonyl (C=O) groups excluding carboxylic acids is 2. The Morgan fingerprint density at radius 3 is 1.13 bits per heavy atom. The molecule has 0 radical (unpaired) electrons. The third kappa shape index (κ3) is 27.0. The van der Waals surface area contributed by atoms with Crippen molar-refractivity contribution in [2.75, 3.05) is 37.7 Å². The van der Waals surface area contributed by atoms with Gasteiger partial charge in [0.2, 0.25) is 11.8 Å². The normalized spacial score (nSPS) is 11.4. The standard InChI is InChI=1S/C24H48N2O8S2.2Na.2H/c1-3-5-7-9-11-15-23(27)25(17-13-21-35(29,30)31)19-20-26(18-14-22-36(32,33)34)24(28)16-12-10-8-6-4-2;;;;/h3-22H2,1-2H3,(H,29,30,31)(H,32,33,34);;;;. The van der Waals surface area contributed by atoms with Gasteiger partial charge in [0.15, 0.2) is 0 Å². The topological polar surface area (TPSA) is 149 Å². The molecule has 0 aromatic rings. The minimum atomic E-state index is -4.14. The fourth-order valence-corrected chi connectivity index (χ4v) is 4.90. The number of amides is 2. The molecule has 0 aliphatic heterocycles. The van der Waals surface area contributed by atoms with E-state index in [1.807, 2.05) is 0 Å². The van der Waals surface area contributed by atoms with E-state index in [2.05, 4.69) is 13.8 Å². The van der Waals surface area contributed by atoms with Crippen molar-refractivity contribution in [1.82, 2.24) is 9.80 Å². The summed E-state index contributed by atoms with van der Waals surface area (Å²) in [6.45, 7) is 4.86. The van der Waals surface area contributed by atoms with Crippen molar-refractivity contribution >= 4 is 91.2 Å². The molecule has 0 bridgehead atoms. The molecule has 0 rings (SSSR count). The van der Waals surface area contributed by atoms with Gasteiger partial charge in [0.25, 0.3) is 20.2 Å². The average molecular weight is 605 g/mol. The molecule has 38 heavy (non-hydrogen) atoms. The molecule has 0 spiro atoms. The van der Waals surface area contributed by atoms with Crippen LogP contribution in [0.25, 0.3) is 0 Å². The first-order chi connectivity index (χ1) is 16.9. The van der Waals surface area contributed by atoms with Gasteiger partial charge in [-0.05, 0) is 25.7 Å². The van der Waals surface area contributed by atoms with Gasteiger partial charge in [-0.2, -0.15) is 16.8 Å². The van der Waals surface area contributed by atoms with Crippen LogP contribution in [-0.4, -0.2) is 144 Å². The molecule has 0 aliphatic rings. The van der Waals surface area contributed by atoms with Crippen LogP contribution in [0.15, 0.2) is 0 Å². The summed E-state index contributed by atoms with van der Waals surface area (Å²) in [5.41, 5.74) is 0.